The molecule has 0 aromatic rings. The van der Waals surface area contributed by atoms with Crippen molar-refractivity contribution in [3.63, 3.8) is 0 Å². The summed E-state index contributed by atoms with van der Waals surface area (Å²) in [7, 11) is 0. The molecule has 0 radical (unpaired) electrons. The number of rotatable bonds is 4. The molecule has 0 saturated heterocycles. The van der Waals surface area contributed by atoms with E-state index in [4.69, 9.17) is 9.47 Å². The van der Waals surface area contributed by atoms with Crippen LogP contribution in [0.1, 0.15) is 53.9 Å². The summed E-state index contributed by atoms with van der Waals surface area (Å²) in [6.07, 6.45) is 5.14. The summed E-state index contributed by atoms with van der Waals surface area (Å²) in [6.45, 7) is 7.75. The standard InChI is InChI=1S/C26H30BrFO6/c1-13-8-18-16-9-21(28)19-10-22(31)20(27)11-24(19,4)17(16)6-7-25(18,5)26(13,34-15(3)30)23(32)12-33-14(2)29/h6,10-11,13,16,18,21H,7-9,12H2,1-5H3/t13-,16-,18+,21-,24-,25+,26+/m1/s1. The van der Waals surface area contributed by atoms with Crippen LogP contribution in [0.2, 0.25) is 0 Å². The lowest BCUT2D eigenvalue weighted by molar-refractivity contribution is -0.190. The molecule has 2 saturated carbocycles. The summed E-state index contributed by atoms with van der Waals surface area (Å²) in [5, 5.41) is 0. The molecule has 0 aromatic heterocycles. The third-order valence-electron chi connectivity index (χ3n) is 8.66. The second-order valence-corrected chi connectivity index (χ2v) is 11.4. The van der Waals surface area contributed by atoms with Gasteiger partial charge in [0.1, 0.15) is 6.17 Å². The minimum absolute atomic E-state index is 0.135. The van der Waals surface area contributed by atoms with Crippen LogP contribution >= 0.6 is 15.9 Å². The summed E-state index contributed by atoms with van der Waals surface area (Å²) >= 11 is 3.33. The van der Waals surface area contributed by atoms with E-state index < -0.39 is 46.9 Å². The van der Waals surface area contributed by atoms with Crippen LogP contribution in [0.25, 0.3) is 0 Å². The Morgan fingerprint density at radius 3 is 2.44 bits per heavy atom. The van der Waals surface area contributed by atoms with Gasteiger partial charge in [0.25, 0.3) is 0 Å². The molecule has 6 nitrogen and oxygen atoms in total. The number of allylic oxidation sites excluding steroid dienone is 6. The van der Waals surface area contributed by atoms with Crippen molar-refractivity contribution in [3.05, 3.63) is 33.9 Å². The molecule has 8 heteroatoms. The lowest BCUT2D eigenvalue weighted by Crippen LogP contribution is -2.60. The second-order valence-electron chi connectivity index (χ2n) is 10.5. The maximum Gasteiger partial charge on any atom is 0.303 e. The molecule has 4 aliphatic rings. The van der Waals surface area contributed by atoms with Gasteiger partial charge in [-0.25, -0.2) is 4.39 Å². The van der Waals surface area contributed by atoms with E-state index in [-0.39, 0.29) is 30.0 Å². The van der Waals surface area contributed by atoms with Crippen molar-refractivity contribution in [2.24, 2.45) is 28.6 Å². The van der Waals surface area contributed by atoms with Gasteiger partial charge in [0, 0.05) is 30.6 Å². The molecule has 2 fully saturated rings. The van der Waals surface area contributed by atoms with Gasteiger partial charge < -0.3 is 9.47 Å². The predicted octanol–water partition coefficient (Wildman–Crippen LogP) is 4.57. The number of carbonyl (C=O) groups is 4. The van der Waals surface area contributed by atoms with Crippen molar-refractivity contribution >= 4 is 39.4 Å². The van der Waals surface area contributed by atoms with Gasteiger partial charge in [-0.3, -0.25) is 19.2 Å². The summed E-state index contributed by atoms with van der Waals surface area (Å²) < 4.78 is 26.9. The Morgan fingerprint density at radius 2 is 1.82 bits per heavy atom. The van der Waals surface area contributed by atoms with E-state index in [1.165, 1.54) is 19.9 Å². The third-order valence-corrected chi connectivity index (χ3v) is 9.28. The smallest absolute Gasteiger partial charge is 0.303 e. The van der Waals surface area contributed by atoms with Crippen LogP contribution in [0.3, 0.4) is 0 Å². The fourth-order valence-corrected chi connectivity index (χ4v) is 7.86. The Kier molecular flexibility index (Phi) is 6.07. The lowest BCUT2D eigenvalue weighted by atomic mass is 9.51. The second kappa shape index (κ2) is 8.25. The number of ketones is 2. The first kappa shape index (κ1) is 25.0. The fourth-order valence-electron chi connectivity index (χ4n) is 7.29. The first-order chi connectivity index (χ1) is 15.8. The molecular weight excluding hydrogens is 507 g/mol. The van der Waals surface area contributed by atoms with Crippen LogP contribution in [0.4, 0.5) is 4.39 Å². The number of alkyl halides is 1. The number of Topliss-reactive ketones (excluding diaryl/α,β-unsaturated/α-hetero) is 1. The van der Waals surface area contributed by atoms with E-state index in [1.807, 2.05) is 26.8 Å². The van der Waals surface area contributed by atoms with Gasteiger partial charge in [0.05, 0.1) is 4.48 Å². The van der Waals surface area contributed by atoms with E-state index in [1.54, 1.807) is 6.08 Å². The molecule has 4 rings (SSSR count). The van der Waals surface area contributed by atoms with E-state index >= 15 is 4.39 Å². The number of ether oxygens (including phenoxy) is 2. The highest BCUT2D eigenvalue weighted by molar-refractivity contribution is 9.12. The Balaban J connectivity index is 1.82. The average molecular weight is 537 g/mol. The number of esters is 2. The van der Waals surface area contributed by atoms with E-state index in [2.05, 4.69) is 15.9 Å². The first-order valence-electron chi connectivity index (χ1n) is 11.6. The van der Waals surface area contributed by atoms with Crippen molar-refractivity contribution < 1.29 is 33.0 Å². The highest BCUT2D eigenvalue weighted by atomic mass is 79.9. The normalized spacial score (nSPS) is 40.7. The average Bonchev–Trinajstić information content (AvgIpc) is 2.96. The Bertz CT molecular complexity index is 1080. The SMILES string of the molecule is CC(=O)OCC(=O)[C@@]1(OC(C)=O)[C@H](C)C[C@H]2[C@@H]3C[C@@H](F)C4=CC(=O)C(Br)=C[C@]4(C)C3=CC[C@@]21C. The van der Waals surface area contributed by atoms with E-state index in [0.29, 0.717) is 22.9 Å². The van der Waals surface area contributed by atoms with Crippen LogP contribution in [-0.2, 0) is 28.7 Å². The predicted molar refractivity (Wildman–Crippen MR) is 125 cm³/mol. The quantitative estimate of drug-likeness (QED) is 0.386. The monoisotopic (exact) mass is 536 g/mol. The van der Waals surface area contributed by atoms with Gasteiger partial charge in [0.2, 0.25) is 5.78 Å². The molecule has 0 aromatic carbocycles. The molecule has 0 aliphatic heterocycles. The van der Waals surface area contributed by atoms with Crippen LogP contribution in [-0.4, -0.2) is 41.9 Å². The summed E-state index contributed by atoms with van der Waals surface area (Å²) in [5.74, 6) is -2.53. The molecule has 4 aliphatic carbocycles. The molecule has 0 N–H and O–H groups in total. The third kappa shape index (κ3) is 3.39. The Hall–Kier alpha value is -2.09. The molecule has 0 bridgehead atoms. The number of carbonyl (C=O) groups excluding carboxylic acids is 4. The van der Waals surface area contributed by atoms with Gasteiger partial charge in [-0.15, -0.1) is 0 Å². The minimum Gasteiger partial charge on any atom is -0.458 e. The van der Waals surface area contributed by atoms with Gasteiger partial charge >= 0.3 is 11.9 Å². The van der Waals surface area contributed by atoms with E-state index in [0.717, 1.165) is 5.57 Å². The highest BCUT2D eigenvalue weighted by Crippen LogP contribution is 2.67. The molecule has 7 atom stereocenters. The van der Waals surface area contributed by atoms with Crippen LogP contribution in [0, 0.1) is 28.6 Å². The van der Waals surface area contributed by atoms with Crippen LogP contribution < -0.4 is 0 Å². The van der Waals surface area contributed by atoms with E-state index in [9.17, 15) is 19.2 Å². The van der Waals surface area contributed by atoms with Crippen molar-refractivity contribution in [1.29, 1.82) is 0 Å². The maximum atomic E-state index is 15.6. The zero-order valence-corrected chi connectivity index (χ0v) is 21.7. The molecule has 0 amide bonds. The topological polar surface area (TPSA) is 86.7 Å². The Morgan fingerprint density at radius 1 is 1.15 bits per heavy atom. The minimum atomic E-state index is -1.48. The van der Waals surface area contributed by atoms with Crippen LogP contribution in [0.15, 0.2) is 33.9 Å². The number of halogens is 2. The van der Waals surface area contributed by atoms with Gasteiger partial charge in [-0.2, -0.15) is 0 Å². The molecule has 0 heterocycles. The summed E-state index contributed by atoms with van der Waals surface area (Å²) in [4.78, 5) is 49.5. The first-order valence-corrected chi connectivity index (χ1v) is 12.4. The van der Waals surface area contributed by atoms with Crippen molar-refractivity contribution in [3.8, 4) is 0 Å². The van der Waals surface area contributed by atoms with Crippen molar-refractivity contribution in [1.82, 2.24) is 0 Å². The van der Waals surface area contributed by atoms with Crippen molar-refractivity contribution in [2.45, 2.75) is 65.7 Å². The maximum absolute atomic E-state index is 15.6. The fraction of sp³-hybridized carbons (Fsp3) is 0.615. The molecular formula is C26H30BrFO6. The Labute approximate surface area is 207 Å². The molecule has 34 heavy (non-hydrogen) atoms. The zero-order valence-electron chi connectivity index (χ0n) is 20.1. The molecule has 0 unspecified atom stereocenters. The zero-order chi connectivity index (χ0) is 25.2. The van der Waals surface area contributed by atoms with Gasteiger partial charge in [0.15, 0.2) is 18.0 Å². The van der Waals surface area contributed by atoms with Gasteiger partial charge in [-0.05, 0) is 65.6 Å². The highest BCUT2D eigenvalue weighted by Gasteiger charge is 2.70. The summed E-state index contributed by atoms with van der Waals surface area (Å²) in [5.41, 5.74) is -1.52. The van der Waals surface area contributed by atoms with Crippen molar-refractivity contribution in [2.75, 3.05) is 6.61 Å². The number of hydrogen-bond acceptors (Lipinski definition) is 6. The largest absolute Gasteiger partial charge is 0.458 e. The number of fused-ring (bicyclic) bond motifs is 5. The molecule has 0 spiro atoms. The number of hydrogen-bond donors (Lipinski definition) is 0. The van der Waals surface area contributed by atoms with Crippen LogP contribution in [0.5, 0.6) is 0 Å². The van der Waals surface area contributed by atoms with Gasteiger partial charge in [-0.1, -0.05) is 31.6 Å². The molecule has 184 valence electrons. The summed E-state index contributed by atoms with van der Waals surface area (Å²) in [6, 6.07) is 0. The lowest BCUT2D eigenvalue weighted by Gasteiger charge is -2.54.